The summed E-state index contributed by atoms with van der Waals surface area (Å²) in [6.45, 7) is 5.66. The maximum absolute atomic E-state index is 11.7. The third-order valence-electron chi connectivity index (χ3n) is 7.28. The number of benzene rings is 2. The van der Waals surface area contributed by atoms with Crippen LogP contribution >= 0.6 is 0 Å². The van der Waals surface area contributed by atoms with Crippen LogP contribution in [0.2, 0.25) is 0 Å². The van der Waals surface area contributed by atoms with Crippen molar-refractivity contribution in [1.29, 1.82) is 0 Å². The summed E-state index contributed by atoms with van der Waals surface area (Å²) in [4.78, 5) is 2.51. The van der Waals surface area contributed by atoms with Gasteiger partial charge in [-0.25, -0.2) is 0 Å². The first kappa shape index (κ1) is 22.3. The van der Waals surface area contributed by atoms with Gasteiger partial charge in [-0.05, 0) is 68.5 Å². The van der Waals surface area contributed by atoms with Crippen LogP contribution in [0.5, 0.6) is 5.75 Å². The fourth-order valence-electron chi connectivity index (χ4n) is 5.28. The van der Waals surface area contributed by atoms with Crippen LogP contribution < -0.4 is 10.5 Å². The minimum absolute atomic E-state index is 0.129. The maximum Gasteiger partial charge on any atom is 0.122 e. The number of aliphatic hydroxyl groups is 1. The Morgan fingerprint density at radius 1 is 1.06 bits per heavy atom. The number of nitrogens with two attached hydrogens (primary N) is 1. The lowest BCUT2D eigenvalue weighted by Crippen LogP contribution is -2.47. The molecule has 0 spiro atoms. The topological polar surface area (TPSA) is 58.7 Å². The first-order valence-corrected chi connectivity index (χ1v) is 12.0. The second-order valence-corrected chi connectivity index (χ2v) is 9.65. The lowest BCUT2D eigenvalue weighted by Gasteiger charge is -2.43. The summed E-state index contributed by atoms with van der Waals surface area (Å²) in [5, 5.41) is 11.7. The molecule has 2 aromatic rings. The number of likely N-dealkylation sites (tertiary alicyclic amines) is 1. The van der Waals surface area contributed by atoms with Gasteiger partial charge in [-0.3, -0.25) is 0 Å². The molecule has 1 atom stereocenters. The highest BCUT2D eigenvalue weighted by atomic mass is 16.5. The van der Waals surface area contributed by atoms with Crippen LogP contribution in [-0.2, 0) is 6.61 Å². The maximum atomic E-state index is 11.7. The third kappa shape index (κ3) is 5.68. The molecule has 4 rings (SSSR count). The second kappa shape index (κ2) is 10.2. The van der Waals surface area contributed by atoms with E-state index in [1.54, 1.807) is 0 Å². The number of nitrogens with zero attached hydrogens (tertiary/aromatic N) is 1. The van der Waals surface area contributed by atoms with Crippen LogP contribution in [0.3, 0.4) is 0 Å². The highest BCUT2D eigenvalue weighted by Gasteiger charge is 2.40. The summed E-state index contributed by atoms with van der Waals surface area (Å²) in [5.74, 6) is 1.05. The Kier molecular flexibility index (Phi) is 7.31. The van der Waals surface area contributed by atoms with E-state index in [2.05, 4.69) is 42.2 Å². The van der Waals surface area contributed by atoms with Crippen molar-refractivity contribution >= 4 is 0 Å². The van der Waals surface area contributed by atoms with E-state index in [1.807, 2.05) is 18.2 Å². The molecular formula is C27H38N2O2. The number of hydrogen-bond acceptors (Lipinski definition) is 4. The lowest BCUT2D eigenvalue weighted by atomic mass is 9.72. The van der Waals surface area contributed by atoms with E-state index in [1.165, 1.54) is 17.5 Å². The second-order valence-electron chi connectivity index (χ2n) is 9.65. The monoisotopic (exact) mass is 422 g/mol. The molecule has 1 unspecified atom stereocenters. The Morgan fingerprint density at radius 2 is 1.77 bits per heavy atom. The fraction of sp³-hybridized carbons (Fsp3) is 0.556. The molecule has 0 radical (unpaired) electrons. The molecule has 1 saturated carbocycles. The van der Waals surface area contributed by atoms with Crippen LogP contribution in [0.25, 0.3) is 0 Å². The largest absolute Gasteiger partial charge is 0.489 e. The summed E-state index contributed by atoms with van der Waals surface area (Å²) < 4.78 is 6.10. The third-order valence-corrected chi connectivity index (χ3v) is 7.28. The van der Waals surface area contributed by atoms with Crippen molar-refractivity contribution in [1.82, 2.24) is 4.90 Å². The van der Waals surface area contributed by atoms with E-state index >= 15 is 0 Å². The SMILES string of the molecule is Cc1cc(C(CN2CCC(N)CC2)C2(O)CCCCC2)ccc1OCc1ccccc1. The van der Waals surface area contributed by atoms with Gasteiger partial charge in [-0.15, -0.1) is 0 Å². The van der Waals surface area contributed by atoms with Gasteiger partial charge in [-0.2, -0.15) is 0 Å². The summed E-state index contributed by atoms with van der Waals surface area (Å²) in [5.41, 5.74) is 9.06. The van der Waals surface area contributed by atoms with Crippen LogP contribution in [0, 0.1) is 6.92 Å². The van der Waals surface area contributed by atoms with Crippen LogP contribution in [0.4, 0.5) is 0 Å². The van der Waals surface area contributed by atoms with Crippen molar-refractivity contribution in [2.45, 2.75) is 76.0 Å². The highest BCUT2D eigenvalue weighted by molar-refractivity contribution is 5.39. The van der Waals surface area contributed by atoms with Crippen LogP contribution in [-0.4, -0.2) is 41.3 Å². The van der Waals surface area contributed by atoms with Crippen molar-refractivity contribution in [3.8, 4) is 5.75 Å². The van der Waals surface area contributed by atoms with Crippen molar-refractivity contribution in [3.05, 3.63) is 65.2 Å². The Morgan fingerprint density at radius 3 is 2.45 bits per heavy atom. The molecule has 1 heterocycles. The molecule has 1 saturated heterocycles. The molecule has 2 aromatic carbocycles. The quantitative estimate of drug-likeness (QED) is 0.674. The molecule has 4 heteroatoms. The van der Waals surface area contributed by atoms with E-state index in [-0.39, 0.29) is 5.92 Å². The predicted octanol–water partition coefficient (Wildman–Crippen LogP) is 4.78. The lowest BCUT2D eigenvalue weighted by molar-refractivity contribution is -0.0324. The summed E-state index contributed by atoms with van der Waals surface area (Å²) in [7, 11) is 0. The number of aryl methyl sites for hydroxylation is 1. The molecule has 0 bridgehead atoms. The first-order chi connectivity index (χ1) is 15.0. The Balaban J connectivity index is 1.51. The molecular weight excluding hydrogens is 384 g/mol. The highest BCUT2D eigenvalue weighted by Crippen LogP contribution is 2.41. The predicted molar refractivity (Wildman–Crippen MR) is 126 cm³/mol. The smallest absolute Gasteiger partial charge is 0.122 e. The Hall–Kier alpha value is -1.88. The van der Waals surface area contributed by atoms with Gasteiger partial charge in [0.15, 0.2) is 0 Å². The summed E-state index contributed by atoms with van der Waals surface area (Å²) in [6.07, 6.45) is 7.38. The number of hydrogen-bond donors (Lipinski definition) is 2. The minimum Gasteiger partial charge on any atom is -0.489 e. The molecule has 2 aliphatic rings. The molecule has 0 aromatic heterocycles. The molecule has 3 N–H and O–H groups in total. The minimum atomic E-state index is -0.614. The summed E-state index contributed by atoms with van der Waals surface area (Å²) in [6, 6.07) is 17.1. The van der Waals surface area contributed by atoms with Gasteiger partial charge in [-0.1, -0.05) is 61.7 Å². The first-order valence-electron chi connectivity index (χ1n) is 12.0. The zero-order valence-electron chi connectivity index (χ0n) is 18.9. The molecule has 0 amide bonds. The van der Waals surface area contributed by atoms with Gasteiger partial charge in [0.05, 0.1) is 5.60 Å². The fourth-order valence-corrected chi connectivity index (χ4v) is 5.28. The molecule has 4 nitrogen and oxygen atoms in total. The van der Waals surface area contributed by atoms with Crippen LogP contribution in [0.1, 0.15) is 67.6 Å². The normalized spacial score (nSPS) is 21.0. The molecule has 1 aliphatic heterocycles. The van der Waals surface area contributed by atoms with Crippen molar-refractivity contribution in [2.24, 2.45) is 5.73 Å². The average molecular weight is 423 g/mol. The average Bonchev–Trinajstić information content (AvgIpc) is 2.79. The Bertz CT molecular complexity index is 824. The molecule has 31 heavy (non-hydrogen) atoms. The van der Waals surface area contributed by atoms with E-state index in [4.69, 9.17) is 10.5 Å². The van der Waals surface area contributed by atoms with Gasteiger partial charge in [0.1, 0.15) is 12.4 Å². The van der Waals surface area contributed by atoms with Gasteiger partial charge in [0, 0.05) is 18.5 Å². The molecule has 1 aliphatic carbocycles. The van der Waals surface area contributed by atoms with Crippen molar-refractivity contribution < 1.29 is 9.84 Å². The van der Waals surface area contributed by atoms with Gasteiger partial charge in [0.2, 0.25) is 0 Å². The summed E-state index contributed by atoms with van der Waals surface area (Å²) >= 11 is 0. The zero-order chi connectivity index (χ0) is 21.7. The van der Waals surface area contributed by atoms with E-state index in [9.17, 15) is 5.11 Å². The van der Waals surface area contributed by atoms with Crippen molar-refractivity contribution in [2.75, 3.05) is 19.6 Å². The number of rotatable bonds is 7. The van der Waals surface area contributed by atoms with Crippen LogP contribution in [0.15, 0.2) is 48.5 Å². The zero-order valence-corrected chi connectivity index (χ0v) is 18.9. The van der Waals surface area contributed by atoms with Gasteiger partial charge < -0.3 is 20.5 Å². The number of piperidine rings is 1. The van der Waals surface area contributed by atoms with Gasteiger partial charge >= 0.3 is 0 Å². The molecule has 2 fully saturated rings. The van der Waals surface area contributed by atoms with E-state index < -0.39 is 5.60 Å². The standard InChI is InChI=1S/C27H38N2O2/c1-21-18-23(10-11-26(21)31-20-22-8-4-2-5-9-22)25(27(30)14-6-3-7-15-27)19-29-16-12-24(28)13-17-29/h2,4-5,8-11,18,24-25,30H,3,6-7,12-17,19-20,28H2,1H3. The van der Waals surface area contributed by atoms with E-state index in [0.717, 1.165) is 69.5 Å². The molecule has 168 valence electrons. The van der Waals surface area contributed by atoms with Crippen molar-refractivity contribution in [3.63, 3.8) is 0 Å². The van der Waals surface area contributed by atoms with Gasteiger partial charge in [0.25, 0.3) is 0 Å². The number of ether oxygens (including phenoxy) is 1. The Labute approximate surface area is 187 Å². The van der Waals surface area contributed by atoms with E-state index in [0.29, 0.717) is 12.6 Å².